The third-order valence-corrected chi connectivity index (χ3v) is 12.7. The van der Waals surface area contributed by atoms with Gasteiger partial charge in [-0.2, -0.15) is 8.42 Å². The van der Waals surface area contributed by atoms with Crippen molar-refractivity contribution in [3.05, 3.63) is 12.2 Å². The van der Waals surface area contributed by atoms with Gasteiger partial charge in [0.1, 0.15) is 38.5 Å². The molecule has 0 spiro atoms. The highest BCUT2D eigenvalue weighted by molar-refractivity contribution is 7.86. The maximum atomic E-state index is 12.4. The normalized spacial score (nSPS) is 15.7. The summed E-state index contributed by atoms with van der Waals surface area (Å²) in [5.41, 5.74) is 0. The predicted molar refractivity (Wildman–Crippen MR) is 225 cm³/mol. The summed E-state index contributed by atoms with van der Waals surface area (Å²) in [6, 6.07) is 0. The van der Waals surface area contributed by atoms with Gasteiger partial charge in [-0.3, -0.25) is 33.1 Å². The average Bonchev–Trinajstić information content (AvgIpc) is 3.67. The minimum atomic E-state index is -4.16. The van der Waals surface area contributed by atoms with Gasteiger partial charge >= 0.3 is 0 Å². The molecule has 2 heterocycles. The summed E-state index contributed by atoms with van der Waals surface area (Å²) in [5.74, 6) is 2.86. The first-order valence-corrected chi connectivity index (χ1v) is 23.6. The van der Waals surface area contributed by atoms with Gasteiger partial charge in [0.05, 0.1) is 38.9 Å². The molecule has 11 heteroatoms. The van der Waals surface area contributed by atoms with Gasteiger partial charge in [0, 0.05) is 25.7 Å². The van der Waals surface area contributed by atoms with Crippen molar-refractivity contribution in [2.45, 2.75) is 180 Å². The number of unbranched alkanes of at least 4 members (excludes halogenated alkanes) is 15. The number of carbonyl (C=O) groups is 2. The van der Waals surface area contributed by atoms with Crippen molar-refractivity contribution in [1.82, 2.24) is 15.1 Å². The largest absolute Gasteiger partial charge is 0.352 e. The van der Waals surface area contributed by atoms with Gasteiger partial charge in [0.2, 0.25) is 17.6 Å². The van der Waals surface area contributed by atoms with Crippen LogP contribution in [0.1, 0.15) is 174 Å². The van der Waals surface area contributed by atoms with Crippen LogP contribution in [0.2, 0.25) is 0 Å². The molecule has 2 rings (SSSR count). The summed E-state index contributed by atoms with van der Waals surface area (Å²) < 4.78 is 39.5. The third kappa shape index (κ3) is 21.1. The Labute approximate surface area is 331 Å². The van der Waals surface area contributed by atoms with Gasteiger partial charge in [-0.15, -0.1) is 0 Å². The Morgan fingerprint density at radius 2 is 1.30 bits per heavy atom. The van der Waals surface area contributed by atoms with Crippen LogP contribution in [0.15, 0.2) is 12.2 Å². The second kappa shape index (κ2) is 29.0. The lowest BCUT2D eigenvalue weighted by atomic mass is 10.0. The molecule has 54 heavy (non-hydrogen) atoms. The van der Waals surface area contributed by atoms with Crippen molar-refractivity contribution >= 4 is 33.5 Å². The van der Waals surface area contributed by atoms with Crippen LogP contribution in [0.25, 0.3) is 0 Å². The SMILES string of the molecule is C/C=C/CCCCCCCC(=O)NCCN1CC[N+](C)=C1CCCCCCCCC(CC1=[N+](C)CCN1CCCC(=O)CCCCCCCC)S(=O)(=O)O. The fourth-order valence-electron chi connectivity index (χ4n) is 7.94. The van der Waals surface area contributed by atoms with E-state index in [-0.39, 0.29) is 5.91 Å². The lowest BCUT2D eigenvalue weighted by Gasteiger charge is -2.18. The maximum absolute atomic E-state index is 12.4. The van der Waals surface area contributed by atoms with Crippen LogP contribution in [0.4, 0.5) is 0 Å². The number of nitrogens with one attached hydrogen (secondary N) is 1. The lowest BCUT2D eigenvalue weighted by molar-refractivity contribution is -0.487. The zero-order valence-corrected chi connectivity index (χ0v) is 36.0. The average molecular weight is 780 g/mol. The number of amidine groups is 2. The number of hydrogen-bond donors (Lipinski definition) is 2. The van der Waals surface area contributed by atoms with E-state index in [0.717, 1.165) is 129 Å². The molecule has 0 aromatic rings. The molecule has 0 fully saturated rings. The molecule has 0 radical (unpaired) electrons. The van der Waals surface area contributed by atoms with Crippen LogP contribution >= 0.6 is 0 Å². The van der Waals surface area contributed by atoms with Gasteiger partial charge in [-0.25, -0.2) is 0 Å². The van der Waals surface area contributed by atoms with E-state index in [4.69, 9.17) is 0 Å². The minimum absolute atomic E-state index is 0.172. The second-order valence-electron chi connectivity index (χ2n) is 16.0. The number of ketones is 1. The molecular weight excluding hydrogens is 699 g/mol. The number of amides is 1. The number of rotatable bonds is 34. The zero-order chi connectivity index (χ0) is 39.4. The molecule has 312 valence electrons. The molecule has 10 nitrogen and oxygen atoms in total. The third-order valence-electron chi connectivity index (χ3n) is 11.4. The lowest BCUT2D eigenvalue weighted by Crippen LogP contribution is -2.37. The van der Waals surface area contributed by atoms with Crippen LogP contribution in [-0.2, 0) is 19.7 Å². The molecular formula is C43H81N5O5S+2. The second-order valence-corrected chi connectivity index (χ2v) is 17.7. The Morgan fingerprint density at radius 3 is 1.96 bits per heavy atom. The highest BCUT2D eigenvalue weighted by Crippen LogP contribution is 2.20. The van der Waals surface area contributed by atoms with Crippen molar-refractivity contribution in [3.8, 4) is 0 Å². The van der Waals surface area contributed by atoms with E-state index in [9.17, 15) is 22.6 Å². The summed E-state index contributed by atoms with van der Waals surface area (Å²) >= 11 is 0. The van der Waals surface area contributed by atoms with E-state index >= 15 is 0 Å². The molecule has 0 aromatic carbocycles. The van der Waals surface area contributed by atoms with Gasteiger partial charge in [-0.05, 0) is 51.9 Å². The molecule has 2 aliphatic heterocycles. The Balaban J connectivity index is 1.60. The van der Waals surface area contributed by atoms with Crippen LogP contribution in [0.5, 0.6) is 0 Å². The number of hydrogen-bond acceptors (Lipinski definition) is 6. The molecule has 1 amide bonds. The molecule has 1 atom stereocenters. The summed E-state index contributed by atoms with van der Waals surface area (Å²) in [6.45, 7) is 10.3. The molecule has 2 aliphatic rings. The highest BCUT2D eigenvalue weighted by Gasteiger charge is 2.35. The van der Waals surface area contributed by atoms with E-state index in [2.05, 4.69) is 57.3 Å². The van der Waals surface area contributed by atoms with E-state index < -0.39 is 15.4 Å². The smallest absolute Gasteiger partial charge is 0.268 e. The number of Topliss-reactive ketones (excluding diaryl/α,β-unsaturated/α-hetero) is 1. The first kappa shape index (κ1) is 47.9. The van der Waals surface area contributed by atoms with Crippen molar-refractivity contribution in [2.24, 2.45) is 0 Å². The number of allylic oxidation sites excluding steroid dienone is 2. The molecule has 0 aliphatic carbocycles. The summed E-state index contributed by atoms with van der Waals surface area (Å²) in [6.07, 6.45) is 29.1. The van der Waals surface area contributed by atoms with Crippen LogP contribution in [-0.4, -0.2) is 120 Å². The Morgan fingerprint density at radius 1 is 0.741 bits per heavy atom. The summed E-state index contributed by atoms with van der Waals surface area (Å²) in [4.78, 5) is 29.4. The Kier molecular flexibility index (Phi) is 25.7. The molecule has 1 unspecified atom stereocenters. The summed E-state index contributed by atoms with van der Waals surface area (Å²) in [5, 5.41) is 2.34. The van der Waals surface area contributed by atoms with Crippen molar-refractivity contribution in [1.29, 1.82) is 0 Å². The van der Waals surface area contributed by atoms with Crippen LogP contribution in [0.3, 0.4) is 0 Å². The standard InChI is InChI=1S/C43H79N5O5S/c1-5-7-9-11-13-14-19-23-29-41(50)44-31-33-48-37-34-45(3)42(48)30-24-20-16-15-18-22-28-40(54(51,52)53)38-43-46(4)35-36-47(43)32-25-27-39(49)26-21-17-12-10-8-6-2/h5,7,40H,6,8-38H2,1-4H3/p+2/b7-5+. The molecule has 0 aromatic heterocycles. The highest BCUT2D eigenvalue weighted by atomic mass is 32.2. The zero-order valence-electron chi connectivity index (χ0n) is 35.1. The Hall–Kier alpha value is -2.27. The van der Waals surface area contributed by atoms with Crippen LogP contribution < -0.4 is 5.32 Å². The summed E-state index contributed by atoms with van der Waals surface area (Å²) in [7, 11) is 0.000842. The van der Waals surface area contributed by atoms with Gasteiger partial charge in [-0.1, -0.05) is 103 Å². The molecule has 0 saturated carbocycles. The first-order valence-electron chi connectivity index (χ1n) is 22.1. The number of likely N-dealkylation sites (N-methyl/N-ethyl adjacent to an activating group) is 2. The minimum Gasteiger partial charge on any atom is -0.352 e. The van der Waals surface area contributed by atoms with Gasteiger partial charge in [0.15, 0.2) is 0 Å². The number of carbonyl (C=O) groups excluding carboxylic acids is 2. The van der Waals surface area contributed by atoms with Crippen molar-refractivity contribution in [2.75, 3.05) is 59.9 Å². The van der Waals surface area contributed by atoms with Gasteiger partial charge in [0.25, 0.3) is 10.1 Å². The van der Waals surface area contributed by atoms with Crippen LogP contribution in [0, 0.1) is 0 Å². The van der Waals surface area contributed by atoms with E-state index in [0.29, 0.717) is 44.4 Å². The van der Waals surface area contributed by atoms with E-state index in [1.54, 1.807) is 0 Å². The maximum Gasteiger partial charge on any atom is 0.268 e. The first-order chi connectivity index (χ1) is 26.1. The molecule has 0 saturated heterocycles. The fraction of sp³-hybridized carbons (Fsp3) is 0.860. The monoisotopic (exact) mass is 780 g/mol. The number of nitrogens with zero attached hydrogens (tertiary/aromatic N) is 4. The quantitative estimate of drug-likeness (QED) is 0.0295. The fourth-order valence-corrected chi connectivity index (χ4v) is 8.76. The Bertz CT molecular complexity index is 1260. The van der Waals surface area contributed by atoms with E-state index in [1.165, 1.54) is 50.8 Å². The molecule has 0 bridgehead atoms. The van der Waals surface area contributed by atoms with Crippen molar-refractivity contribution < 1.29 is 31.7 Å². The van der Waals surface area contributed by atoms with Gasteiger partial charge < -0.3 is 5.32 Å². The topological polar surface area (TPSA) is 113 Å². The van der Waals surface area contributed by atoms with Crippen molar-refractivity contribution in [3.63, 3.8) is 0 Å². The van der Waals surface area contributed by atoms with E-state index in [1.807, 2.05) is 7.05 Å². The molecule has 2 N–H and O–H groups in total. The predicted octanol–water partition coefficient (Wildman–Crippen LogP) is 7.99.